The molecule has 0 spiro atoms. The Bertz CT molecular complexity index is 764. The minimum Gasteiger partial charge on any atom is -0.462 e. The first-order valence-corrected chi connectivity index (χ1v) is 9.46. The van der Waals surface area contributed by atoms with Crippen LogP contribution < -0.4 is 11.5 Å². The van der Waals surface area contributed by atoms with E-state index in [1.165, 1.54) is 0 Å². The topological polar surface area (TPSA) is 105 Å². The summed E-state index contributed by atoms with van der Waals surface area (Å²) in [5.74, 6) is -0.795. The summed E-state index contributed by atoms with van der Waals surface area (Å²) in [7, 11) is 0. The number of carbonyl (C=O) groups excluding carboxylic acids is 2. The number of esters is 2. The number of aryl methyl sites for hydroxylation is 2. The van der Waals surface area contributed by atoms with Gasteiger partial charge >= 0.3 is 11.9 Å². The summed E-state index contributed by atoms with van der Waals surface area (Å²) in [5.41, 5.74) is 15.3. The average molecular weight is 384 g/mol. The standard InChI is InChI=1S/C22H28N2O4/c1-15-9-7-11-17(19(15)23)21(25)27-13-5-3-4-6-14-28-22(26)18-12-8-10-16(2)20(18)24/h7-12H,3-6,13-14,23-24H2,1-2H3. The number of hydrogen-bond donors (Lipinski definition) is 2. The predicted octanol–water partition coefficient (Wildman–Crippen LogP) is 4.04. The van der Waals surface area contributed by atoms with Gasteiger partial charge in [0.25, 0.3) is 0 Å². The van der Waals surface area contributed by atoms with Crippen molar-refractivity contribution in [3.63, 3.8) is 0 Å². The first kappa shape index (κ1) is 21.3. The monoisotopic (exact) mass is 384 g/mol. The lowest BCUT2D eigenvalue weighted by atomic mass is 10.1. The van der Waals surface area contributed by atoms with Crippen molar-refractivity contribution in [3.05, 3.63) is 58.7 Å². The van der Waals surface area contributed by atoms with Gasteiger partial charge in [-0.1, -0.05) is 24.3 Å². The van der Waals surface area contributed by atoms with E-state index in [1.54, 1.807) is 24.3 Å². The maximum atomic E-state index is 12.0. The molecule has 0 aliphatic rings. The van der Waals surface area contributed by atoms with Crippen LogP contribution in [0.15, 0.2) is 36.4 Å². The van der Waals surface area contributed by atoms with E-state index < -0.39 is 11.9 Å². The van der Waals surface area contributed by atoms with Crippen molar-refractivity contribution in [2.75, 3.05) is 24.7 Å². The van der Waals surface area contributed by atoms with E-state index in [2.05, 4.69) is 0 Å². The number of rotatable bonds is 9. The highest BCUT2D eigenvalue weighted by Crippen LogP contribution is 2.18. The van der Waals surface area contributed by atoms with Gasteiger partial charge < -0.3 is 20.9 Å². The fourth-order valence-electron chi connectivity index (χ4n) is 2.76. The maximum absolute atomic E-state index is 12.0. The number of nitrogen functional groups attached to an aromatic ring is 2. The van der Waals surface area contributed by atoms with Gasteiger partial charge in [-0.25, -0.2) is 9.59 Å². The normalized spacial score (nSPS) is 10.5. The lowest BCUT2D eigenvalue weighted by Gasteiger charge is -2.09. The second kappa shape index (κ2) is 10.3. The van der Waals surface area contributed by atoms with Crippen LogP contribution in [0.3, 0.4) is 0 Å². The molecule has 0 saturated heterocycles. The molecule has 28 heavy (non-hydrogen) atoms. The van der Waals surface area contributed by atoms with Crippen molar-refractivity contribution in [2.45, 2.75) is 39.5 Å². The maximum Gasteiger partial charge on any atom is 0.340 e. The van der Waals surface area contributed by atoms with Crippen molar-refractivity contribution in [1.82, 2.24) is 0 Å². The fourth-order valence-corrected chi connectivity index (χ4v) is 2.76. The molecule has 6 heteroatoms. The van der Waals surface area contributed by atoms with Crippen molar-refractivity contribution < 1.29 is 19.1 Å². The average Bonchev–Trinajstić information content (AvgIpc) is 2.67. The summed E-state index contributed by atoms with van der Waals surface area (Å²) in [6, 6.07) is 10.6. The third kappa shape index (κ3) is 5.74. The second-order valence-corrected chi connectivity index (χ2v) is 6.76. The van der Waals surface area contributed by atoms with Gasteiger partial charge in [0.05, 0.1) is 24.3 Å². The summed E-state index contributed by atoms with van der Waals surface area (Å²) < 4.78 is 10.5. The summed E-state index contributed by atoms with van der Waals surface area (Å²) in [4.78, 5) is 24.1. The van der Waals surface area contributed by atoms with E-state index in [9.17, 15) is 9.59 Å². The zero-order valence-electron chi connectivity index (χ0n) is 16.5. The first-order valence-electron chi connectivity index (χ1n) is 9.46. The third-order valence-electron chi connectivity index (χ3n) is 4.59. The highest BCUT2D eigenvalue weighted by Gasteiger charge is 2.13. The molecule has 0 fully saturated rings. The van der Waals surface area contributed by atoms with Gasteiger partial charge in [0, 0.05) is 11.4 Å². The fraction of sp³-hybridized carbons (Fsp3) is 0.364. The van der Waals surface area contributed by atoms with E-state index >= 15 is 0 Å². The van der Waals surface area contributed by atoms with Crippen molar-refractivity contribution in [3.8, 4) is 0 Å². The zero-order chi connectivity index (χ0) is 20.5. The Hall–Kier alpha value is -3.02. The smallest absolute Gasteiger partial charge is 0.340 e. The van der Waals surface area contributed by atoms with E-state index in [-0.39, 0.29) is 0 Å². The minimum atomic E-state index is -0.397. The van der Waals surface area contributed by atoms with E-state index in [4.69, 9.17) is 20.9 Å². The number of hydrogen-bond acceptors (Lipinski definition) is 6. The Balaban J connectivity index is 1.60. The van der Waals surface area contributed by atoms with Crippen molar-refractivity contribution in [2.24, 2.45) is 0 Å². The van der Waals surface area contributed by atoms with Crippen LogP contribution in [0.2, 0.25) is 0 Å². The van der Waals surface area contributed by atoms with Gasteiger partial charge in [-0.05, 0) is 62.8 Å². The molecule has 0 bridgehead atoms. The van der Waals surface area contributed by atoms with Crippen LogP contribution in [0.1, 0.15) is 57.5 Å². The molecule has 2 aromatic carbocycles. The zero-order valence-corrected chi connectivity index (χ0v) is 16.5. The van der Waals surface area contributed by atoms with Crippen molar-refractivity contribution in [1.29, 1.82) is 0 Å². The van der Waals surface area contributed by atoms with E-state index in [0.29, 0.717) is 35.7 Å². The number of ether oxygens (including phenoxy) is 2. The molecule has 2 rings (SSSR count). The SMILES string of the molecule is Cc1cccc(C(=O)OCCCCCCOC(=O)c2cccc(C)c2N)c1N. The lowest BCUT2D eigenvalue weighted by molar-refractivity contribution is 0.0475. The molecule has 6 nitrogen and oxygen atoms in total. The largest absolute Gasteiger partial charge is 0.462 e. The van der Waals surface area contributed by atoms with Gasteiger partial charge in [0.2, 0.25) is 0 Å². The molecule has 0 atom stereocenters. The molecule has 0 heterocycles. The highest BCUT2D eigenvalue weighted by atomic mass is 16.5. The summed E-state index contributed by atoms with van der Waals surface area (Å²) in [6.07, 6.45) is 3.24. The van der Waals surface area contributed by atoms with Crippen LogP contribution in [0.25, 0.3) is 0 Å². The van der Waals surface area contributed by atoms with Crippen LogP contribution in [-0.2, 0) is 9.47 Å². The highest BCUT2D eigenvalue weighted by molar-refractivity contribution is 5.96. The first-order chi connectivity index (χ1) is 13.4. The Morgan fingerprint density at radius 3 is 1.50 bits per heavy atom. The van der Waals surface area contributed by atoms with E-state index in [0.717, 1.165) is 36.8 Å². The number of benzene rings is 2. The molecule has 0 amide bonds. The number of anilines is 2. The molecule has 0 radical (unpaired) electrons. The van der Waals surface area contributed by atoms with Crippen LogP contribution in [0, 0.1) is 13.8 Å². The lowest BCUT2D eigenvalue weighted by Crippen LogP contribution is -2.10. The van der Waals surface area contributed by atoms with Gasteiger partial charge in [-0.3, -0.25) is 0 Å². The summed E-state index contributed by atoms with van der Waals surface area (Å²) in [6.45, 7) is 4.39. The number of carbonyl (C=O) groups is 2. The molecule has 0 unspecified atom stereocenters. The summed E-state index contributed by atoms with van der Waals surface area (Å²) >= 11 is 0. The predicted molar refractivity (Wildman–Crippen MR) is 110 cm³/mol. The molecular weight excluding hydrogens is 356 g/mol. The Morgan fingerprint density at radius 2 is 1.11 bits per heavy atom. The quantitative estimate of drug-likeness (QED) is 0.384. The van der Waals surface area contributed by atoms with E-state index in [1.807, 2.05) is 26.0 Å². The number of para-hydroxylation sites is 2. The Morgan fingerprint density at radius 1 is 0.714 bits per heavy atom. The van der Waals surface area contributed by atoms with Gasteiger partial charge in [-0.2, -0.15) is 0 Å². The Kier molecular flexibility index (Phi) is 7.87. The minimum absolute atomic E-state index is 0.339. The molecule has 2 aromatic rings. The molecule has 4 N–H and O–H groups in total. The van der Waals surface area contributed by atoms with Crippen LogP contribution >= 0.6 is 0 Å². The van der Waals surface area contributed by atoms with Gasteiger partial charge in [-0.15, -0.1) is 0 Å². The molecule has 0 aliphatic carbocycles. The van der Waals surface area contributed by atoms with Crippen LogP contribution in [-0.4, -0.2) is 25.2 Å². The number of unbranched alkanes of at least 4 members (excludes halogenated alkanes) is 3. The Labute approximate surface area is 165 Å². The molecular formula is C22H28N2O4. The van der Waals surface area contributed by atoms with Crippen LogP contribution in [0.5, 0.6) is 0 Å². The summed E-state index contributed by atoms with van der Waals surface area (Å²) in [5, 5.41) is 0. The molecule has 0 saturated carbocycles. The molecule has 150 valence electrons. The second-order valence-electron chi connectivity index (χ2n) is 6.76. The number of nitrogens with two attached hydrogens (primary N) is 2. The van der Waals surface area contributed by atoms with Gasteiger partial charge in [0.15, 0.2) is 0 Å². The van der Waals surface area contributed by atoms with Crippen LogP contribution in [0.4, 0.5) is 11.4 Å². The molecule has 0 aliphatic heterocycles. The molecule has 0 aromatic heterocycles. The third-order valence-corrected chi connectivity index (χ3v) is 4.59. The van der Waals surface area contributed by atoms with Gasteiger partial charge in [0.1, 0.15) is 0 Å². The van der Waals surface area contributed by atoms with Crippen molar-refractivity contribution >= 4 is 23.3 Å².